The van der Waals surface area contributed by atoms with Crippen LogP contribution in [0.15, 0.2) is 316 Å². The molecule has 4 nitrogen and oxygen atoms in total. The van der Waals surface area contributed by atoms with E-state index < -0.39 is 34.3 Å². The molecule has 443 valence electrons. The summed E-state index contributed by atoms with van der Waals surface area (Å²) in [4.78, 5) is 15.1. The predicted octanol–water partition coefficient (Wildman–Crippen LogP) is 20.2. The van der Waals surface area contributed by atoms with E-state index in [4.69, 9.17) is 7.85 Å². The number of pyridine rings is 3. The first-order valence-corrected chi connectivity index (χ1v) is 28.8. The van der Waals surface area contributed by atoms with E-state index in [-0.39, 0.29) is 20.1 Å². The number of anilines is 3. The van der Waals surface area contributed by atoms with Crippen LogP contribution in [0.3, 0.4) is 0 Å². The third-order valence-corrected chi connectivity index (χ3v) is 14.0. The normalized spacial score (nSPS) is 10.7. The minimum Gasteiger partial charge on any atom is -0.572 e. The van der Waals surface area contributed by atoms with Gasteiger partial charge in [0.1, 0.15) is 17.2 Å². The number of nitrogens with zero attached hydrogens (tertiary/aromatic N) is 4. The molecule has 0 N–H and O–H groups in total. The molecule has 3 heterocycles. The van der Waals surface area contributed by atoms with Crippen LogP contribution in [-0.4, -0.2) is 22.8 Å². The fourth-order valence-corrected chi connectivity index (χ4v) is 9.31. The van der Waals surface area contributed by atoms with Gasteiger partial charge in [0.05, 0.1) is 5.57 Å². The van der Waals surface area contributed by atoms with Crippen LogP contribution >= 0.6 is 0 Å². The summed E-state index contributed by atoms with van der Waals surface area (Å²) in [5.74, 6) is -6.00. The molecule has 0 aliphatic heterocycles. The fraction of sp³-hybridized carbons (Fsp3) is 0.0123. The summed E-state index contributed by atoms with van der Waals surface area (Å²) in [5, 5.41) is 0. The van der Waals surface area contributed by atoms with Crippen LogP contribution in [0, 0.1) is 54.8 Å². The molecule has 3 aromatic heterocycles. The summed E-state index contributed by atoms with van der Waals surface area (Å²) in [5.41, 5.74) is 16.8. The molecule has 0 saturated heterocycles. The van der Waals surface area contributed by atoms with Crippen LogP contribution in [-0.2, 0) is 20.1 Å². The Balaban J connectivity index is 0.000000160. The number of allylic oxidation sites excluding steroid dienone is 5. The zero-order chi connectivity index (χ0) is 62.9. The molecule has 13 rings (SSSR count). The number of hydrogen-bond donors (Lipinski definition) is 0. The van der Waals surface area contributed by atoms with Crippen molar-refractivity contribution >= 4 is 48.1 Å². The van der Waals surface area contributed by atoms with Crippen molar-refractivity contribution in [3.05, 3.63) is 392 Å². The Morgan fingerprint density at radius 2 is 0.868 bits per heavy atom. The quantitative estimate of drug-likeness (QED) is 0.0560. The Bertz CT molecular complexity index is 3960. The van der Waals surface area contributed by atoms with Gasteiger partial charge in [-0.2, -0.15) is 0 Å². The minimum absolute atomic E-state index is 0. The van der Waals surface area contributed by atoms with Crippen molar-refractivity contribution in [2.45, 2.75) is 6.92 Å². The van der Waals surface area contributed by atoms with Gasteiger partial charge in [0, 0.05) is 83.1 Å². The van der Waals surface area contributed by atoms with Gasteiger partial charge in [0.2, 0.25) is 0 Å². The Kier molecular flexibility index (Phi) is 24.8. The van der Waals surface area contributed by atoms with E-state index in [2.05, 4.69) is 228 Å². The molecule has 10 heteroatoms. The molecular formula is C81H59BF4IrN4. The van der Waals surface area contributed by atoms with Crippen LogP contribution in [0.4, 0.5) is 34.6 Å². The van der Waals surface area contributed by atoms with Crippen molar-refractivity contribution in [1.29, 1.82) is 0 Å². The Morgan fingerprint density at radius 1 is 0.451 bits per heavy atom. The average Bonchev–Trinajstić information content (AvgIpc) is 3.50. The first-order valence-electron chi connectivity index (χ1n) is 28.8. The molecule has 0 unspecified atom stereocenters. The second kappa shape index (κ2) is 34.1. The van der Waals surface area contributed by atoms with Crippen LogP contribution in [0.25, 0.3) is 62.6 Å². The zero-order valence-electron chi connectivity index (χ0n) is 49.6. The minimum atomic E-state index is -1.55. The fourth-order valence-electron chi connectivity index (χ4n) is 9.31. The second-order valence-electron chi connectivity index (χ2n) is 19.9. The van der Waals surface area contributed by atoms with Crippen molar-refractivity contribution in [2.24, 2.45) is 0 Å². The monoisotopic (exact) mass is 1370 g/mol. The zero-order valence-corrected chi connectivity index (χ0v) is 52.0. The van der Waals surface area contributed by atoms with E-state index >= 15 is 0 Å². The summed E-state index contributed by atoms with van der Waals surface area (Å²) < 4.78 is 50.2. The van der Waals surface area contributed by atoms with E-state index in [9.17, 15) is 17.6 Å². The van der Waals surface area contributed by atoms with E-state index in [1.54, 1.807) is 12.4 Å². The predicted molar refractivity (Wildman–Crippen MR) is 364 cm³/mol. The van der Waals surface area contributed by atoms with Gasteiger partial charge in [-0.25, -0.2) is 23.0 Å². The molecule has 3 radical (unpaired) electrons. The topological polar surface area (TPSA) is 41.9 Å². The molecule has 0 saturated carbocycles. The number of hydrogen-bond acceptors (Lipinski definition) is 4. The second-order valence-corrected chi connectivity index (χ2v) is 19.9. The molecule has 12 aromatic rings. The Labute approximate surface area is 546 Å². The van der Waals surface area contributed by atoms with E-state index in [1.165, 1.54) is 22.3 Å². The molecule has 1 aliphatic carbocycles. The van der Waals surface area contributed by atoms with Crippen LogP contribution in [0.5, 0.6) is 0 Å². The van der Waals surface area contributed by atoms with Gasteiger partial charge in [-0.05, 0) is 120 Å². The van der Waals surface area contributed by atoms with Gasteiger partial charge in [-0.1, -0.05) is 135 Å². The maximum atomic E-state index is 12.6. The molecule has 1 aliphatic rings. The van der Waals surface area contributed by atoms with Crippen LogP contribution in [0.2, 0.25) is 0 Å². The van der Waals surface area contributed by atoms with Crippen LogP contribution in [0.1, 0.15) is 27.8 Å². The Hall–Kier alpha value is -10.8. The van der Waals surface area contributed by atoms with Crippen molar-refractivity contribution in [2.75, 3.05) is 4.90 Å². The average molecular weight is 1370 g/mol. The molecule has 0 amide bonds. The Morgan fingerprint density at radius 3 is 1.26 bits per heavy atom. The third-order valence-electron chi connectivity index (χ3n) is 14.0. The summed E-state index contributed by atoms with van der Waals surface area (Å²) in [6, 6.07) is 95.6. The van der Waals surface area contributed by atoms with Gasteiger partial charge < -0.3 is 27.7 Å². The summed E-state index contributed by atoms with van der Waals surface area (Å²) in [6.45, 7) is 8.68. The third kappa shape index (κ3) is 18.2. The van der Waals surface area contributed by atoms with Crippen molar-refractivity contribution < 1.29 is 37.7 Å². The smallest absolute Gasteiger partial charge is 0.572 e. The molecule has 0 fully saturated rings. The number of halogens is 4. The van der Waals surface area contributed by atoms with Gasteiger partial charge in [-0.15, -0.1) is 107 Å². The van der Waals surface area contributed by atoms with Crippen LogP contribution < -0.4 is 10.4 Å². The van der Waals surface area contributed by atoms with Gasteiger partial charge in [-0.3, -0.25) is 0 Å². The molecule has 0 atom stereocenters. The largest absolute Gasteiger partial charge is 3.00 e. The number of rotatable bonds is 11. The maximum absolute atomic E-state index is 12.6. The molecule has 0 spiro atoms. The number of benzene rings is 9. The maximum Gasteiger partial charge on any atom is 3.00 e. The van der Waals surface area contributed by atoms with Crippen molar-refractivity contribution in [3.63, 3.8) is 0 Å². The number of aromatic nitrogens is 3. The molecular weight excluding hydrogens is 1310 g/mol. The van der Waals surface area contributed by atoms with Crippen molar-refractivity contribution in [1.82, 2.24) is 15.0 Å². The summed E-state index contributed by atoms with van der Waals surface area (Å²) in [7, 11) is 4.72. The van der Waals surface area contributed by atoms with Gasteiger partial charge in [0.15, 0.2) is 11.6 Å². The summed E-state index contributed by atoms with van der Waals surface area (Å²) >= 11 is 0. The van der Waals surface area contributed by atoms with Gasteiger partial charge >= 0.3 is 20.1 Å². The molecule has 9 aromatic carbocycles. The first kappa shape index (κ1) is 66.2. The van der Waals surface area contributed by atoms with E-state index in [0.717, 1.165) is 80.0 Å². The van der Waals surface area contributed by atoms with Crippen molar-refractivity contribution in [3.8, 4) is 44.9 Å². The molecule has 91 heavy (non-hydrogen) atoms. The van der Waals surface area contributed by atoms with Gasteiger partial charge in [0.25, 0.3) is 0 Å². The summed E-state index contributed by atoms with van der Waals surface area (Å²) in [6.07, 6.45) is 19.6. The first-order chi connectivity index (χ1) is 44.1. The van der Waals surface area contributed by atoms with E-state index in [1.807, 2.05) is 128 Å². The standard InChI is InChI=1S/C33H25N2.C19H15.2C11H8N.C7H3BF4.Ir/c1-3-25-11-17-30(18-12-25)35(31-19-13-26(4-2)14-20-31)32-21-15-27(16-22-32)28-8-7-9-29(24-28)33-10-5-6-23-34-33;1-4-10-16(11-5-1)19(17-12-6-2-7-13-17)18-14-8-3-9-15-18;2*1-2-6-10(7-3-1)11-8-4-5-9-12-11;1-2-4(9)6(11)3(8)7(12)5(2)10;/h3-8,10-24H,1-2H2;1-15H;2*1-6,8-9H;1H3;/q-1;+1;3*-1;+3. The molecule has 0 bridgehead atoms. The van der Waals surface area contributed by atoms with E-state index in [0.29, 0.717) is 0 Å². The SMILES string of the molecule is C1=C[CH+]C(=C(c2ccccc2)c2ccccc2)C=C1.C=Cc1ccc(N(c2ccc(C=C)cc2)c2ccc(-c3cc[c-]c(-c4ccccn4)c3)cc2)cc1.[B-]c1c(F)c(F)c(C)c(F)c1F.[Ir+3].[c-]1ccccc1-c1ccccn1.[c-]1ccccc1-c1ccccn1.